The zero-order valence-electron chi connectivity index (χ0n) is 13.5. The van der Waals surface area contributed by atoms with Gasteiger partial charge in [-0.05, 0) is 53.6 Å². The van der Waals surface area contributed by atoms with E-state index in [9.17, 15) is 4.79 Å². The van der Waals surface area contributed by atoms with Crippen molar-refractivity contribution >= 4 is 66.6 Å². The molecule has 1 aliphatic carbocycles. The molecule has 0 bridgehead atoms. The third-order valence-corrected chi connectivity index (χ3v) is 6.21. The molecule has 5 rings (SSSR count). The molecule has 3 aromatic carbocycles. The van der Waals surface area contributed by atoms with Crippen molar-refractivity contribution in [3.63, 3.8) is 0 Å². The first kappa shape index (κ1) is 16.1. The van der Waals surface area contributed by atoms with Crippen LogP contribution in [0.25, 0.3) is 21.0 Å². The summed E-state index contributed by atoms with van der Waals surface area (Å²) in [7, 11) is 0. The van der Waals surface area contributed by atoms with Gasteiger partial charge in [0.05, 0.1) is 20.8 Å². The number of aromatic nitrogens is 1. The quantitative estimate of drug-likeness (QED) is 0.442. The molecule has 0 aliphatic heterocycles. The molecule has 1 heterocycles. The van der Waals surface area contributed by atoms with Gasteiger partial charge in [0.25, 0.3) is 5.91 Å². The first-order valence-electron chi connectivity index (χ1n) is 8.20. The van der Waals surface area contributed by atoms with Crippen LogP contribution in [0.2, 0.25) is 10.0 Å². The maximum Gasteiger partial charge on any atom is 0.258 e. The average Bonchev–Trinajstić information content (AvgIpc) is 3.20. The second-order valence-corrected chi connectivity index (χ2v) is 8.19. The number of rotatable bonds is 2. The van der Waals surface area contributed by atoms with Crippen LogP contribution < -0.4 is 5.32 Å². The summed E-state index contributed by atoms with van der Waals surface area (Å²) in [6, 6.07) is 13.4. The maximum atomic E-state index is 12.5. The van der Waals surface area contributed by atoms with Crippen LogP contribution in [0, 0.1) is 0 Å². The Morgan fingerprint density at radius 2 is 1.92 bits per heavy atom. The molecule has 0 spiro atoms. The third kappa shape index (κ3) is 2.49. The number of carbonyl (C=O) groups excluding carboxylic acids is 1. The minimum Gasteiger partial charge on any atom is -0.298 e. The summed E-state index contributed by atoms with van der Waals surface area (Å²) in [5.74, 6) is -0.289. The van der Waals surface area contributed by atoms with Crippen molar-refractivity contribution in [3.05, 3.63) is 69.2 Å². The summed E-state index contributed by atoms with van der Waals surface area (Å²) in [6.45, 7) is 0. The fourth-order valence-electron chi connectivity index (χ4n) is 3.60. The van der Waals surface area contributed by atoms with Gasteiger partial charge in [-0.15, -0.1) is 0 Å². The van der Waals surface area contributed by atoms with E-state index in [0.717, 1.165) is 28.4 Å². The number of nitrogens with one attached hydrogen (secondary N) is 1. The van der Waals surface area contributed by atoms with Crippen molar-refractivity contribution in [1.29, 1.82) is 0 Å². The molecule has 0 unspecified atom stereocenters. The van der Waals surface area contributed by atoms with Crippen molar-refractivity contribution in [2.45, 2.75) is 12.8 Å². The Hall–Kier alpha value is -2.14. The summed E-state index contributed by atoms with van der Waals surface area (Å²) < 4.78 is 1.09. The lowest BCUT2D eigenvalue weighted by atomic mass is 10.0. The molecule has 0 saturated carbocycles. The van der Waals surface area contributed by atoms with Crippen LogP contribution in [0.3, 0.4) is 0 Å². The largest absolute Gasteiger partial charge is 0.298 e. The number of carbonyl (C=O) groups is 1. The molecule has 0 atom stereocenters. The third-order valence-electron chi connectivity index (χ3n) is 4.75. The van der Waals surface area contributed by atoms with Gasteiger partial charge in [0, 0.05) is 10.4 Å². The molecular formula is C20H12Cl2N2OS. The molecule has 128 valence electrons. The normalized spacial score (nSPS) is 12.8. The number of hydrogen-bond acceptors (Lipinski definition) is 3. The number of anilines is 1. The summed E-state index contributed by atoms with van der Waals surface area (Å²) >= 11 is 13.5. The summed E-state index contributed by atoms with van der Waals surface area (Å²) in [6.07, 6.45) is 2.15. The fourth-order valence-corrected chi connectivity index (χ4v) is 5.03. The predicted octanol–water partition coefficient (Wildman–Crippen LogP) is 6.11. The number of thiazole rings is 1. The Bertz CT molecular complexity index is 1220. The second kappa shape index (κ2) is 5.95. The number of benzene rings is 3. The molecule has 1 N–H and O–H groups in total. The lowest BCUT2D eigenvalue weighted by Crippen LogP contribution is -2.12. The van der Waals surface area contributed by atoms with Gasteiger partial charge in [-0.2, -0.15) is 0 Å². The number of aryl methyl sites for hydroxylation is 2. The van der Waals surface area contributed by atoms with Crippen molar-refractivity contribution in [3.8, 4) is 0 Å². The van der Waals surface area contributed by atoms with Crippen LogP contribution in [0.1, 0.15) is 21.5 Å². The average molecular weight is 399 g/mol. The smallest absolute Gasteiger partial charge is 0.258 e. The Balaban J connectivity index is 1.57. The highest BCUT2D eigenvalue weighted by Gasteiger charge is 2.19. The molecule has 4 aromatic rings. The van der Waals surface area contributed by atoms with Gasteiger partial charge in [-0.1, -0.05) is 52.7 Å². The molecule has 1 aliphatic rings. The second-order valence-electron chi connectivity index (χ2n) is 6.32. The van der Waals surface area contributed by atoms with Crippen molar-refractivity contribution in [1.82, 2.24) is 4.98 Å². The van der Waals surface area contributed by atoms with Crippen LogP contribution in [-0.4, -0.2) is 10.9 Å². The number of fused-ring (bicyclic) bond motifs is 2. The van der Waals surface area contributed by atoms with E-state index in [1.807, 2.05) is 0 Å². The minimum atomic E-state index is -0.289. The standard InChI is InChI=1S/C20H12Cl2N2OS/c21-12-6-7-13(15(22)9-12)19(25)24-20-23-18-14-3-1-2-10-4-5-11(17(10)14)8-16(18)26-20/h1-3,6-9H,4-5H2,(H,23,24,25). The van der Waals surface area contributed by atoms with Gasteiger partial charge in [-0.3, -0.25) is 10.1 Å². The van der Waals surface area contributed by atoms with Gasteiger partial charge in [0.2, 0.25) is 0 Å². The highest BCUT2D eigenvalue weighted by Crippen LogP contribution is 2.39. The molecule has 1 aromatic heterocycles. The number of halogens is 2. The van der Waals surface area contributed by atoms with E-state index in [4.69, 9.17) is 23.2 Å². The lowest BCUT2D eigenvalue weighted by Gasteiger charge is -2.04. The van der Waals surface area contributed by atoms with Gasteiger partial charge in [0.1, 0.15) is 0 Å². The first-order chi connectivity index (χ1) is 12.6. The molecule has 0 fully saturated rings. The fraction of sp³-hybridized carbons (Fsp3) is 0.100. The predicted molar refractivity (Wildman–Crippen MR) is 109 cm³/mol. The summed E-state index contributed by atoms with van der Waals surface area (Å²) in [5.41, 5.74) is 4.07. The Kier molecular flexibility index (Phi) is 3.67. The van der Waals surface area contributed by atoms with E-state index in [1.54, 1.807) is 18.2 Å². The van der Waals surface area contributed by atoms with Crippen molar-refractivity contribution in [2.75, 3.05) is 5.32 Å². The Labute approximate surface area is 163 Å². The molecular weight excluding hydrogens is 387 g/mol. The van der Waals surface area contributed by atoms with E-state index in [1.165, 1.54) is 27.8 Å². The van der Waals surface area contributed by atoms with Crippen LogP contribution in [0.4, 0.5) is 5.13 Å². The SMILES string of the molecule is O=C(Nc1nc2c(cc3c4c(cccc42)CC3)s1)c1ccc(Cl)cc1Cl. The van der Waals surface area contributed by atoms with Crippen LogP contribution in [-0.2, 0) is 12.8 Å². The zero-order chi connectivity index (χ0) is 17.8. The van der Waals surface area contributed by atoms with E-state index in [-0.39, 0.29) is 5.91 Å². The van der Waals surface area contributed by atoms with Gasteiger partial charge < -0.3 is 0 Å². The van der Waals surface area contributed by atoms with Gasteiger partial charge in [0.15, 0.2) is 5.13 Å². The molecule has 0 saturated heterocycles. The molecule has 26 heavy (non-hydrogen) atoms. The van der Waals surface area contributed by atoms with E-state index in [0.29, 0.717) is 20.7 Å². The maximum absolute atomic E-state index is 12.5. The summed E-state index contributed by atoms with van der Waals surface area (Å²) in [5, 5.41) is 6.74. The van der Waals surface area contributed by atoms with E-state index >= 15 is 0 Å². The van der Waals surface area contributed by atoms with E-state index in [2.05, 4.69) is 34.6 Å². The topological polar surface area (TPSA) is 42.0 Å². The molecule has 0 radical (unpaired) electrons. The van der Waals surface area contributed by atoms with Crippen LogP contribution >= 0.6 is 34.5 Å². The Morgan fingerprint density at radius 1 is 1.08 bits per heavy atom. The molecule has 3 nitrogen and oxygen atoms in total. The zero-order valence-corrected chi connectivity index (χ0v) is 15.8. The van der Waals surface area contributed by atoms with E-state index < -0.39 is 0 Å². The van der Waals surface area contributed by atoms with Crippen molar-refractivity contribution < 1.29 is 4.79 Å². The highest BCUT2D eigenvalue weighted by molar-refractivity contribution is 7.22. The number of amides is 1. The lowest BCUT2D eigenvalue weighted by molar-refractivity contribution is 0.102. The molecule has 1 amide bonds. The number of hydrogen-bond donors (Lipinski definition) is 1. The molecule has 6 heteroatoms. The van der Waals surface area contributed by atoms with Crippen LogP contribution in [0.15, 0.2) is 42.5 Å². The van der Waals surface area contributed by atoms with Gasteiger partial charge in [-0.25, -0.2) is 4.98 Å². The number of nitrogens with zero attached hydrogens (tertiary/aromatic N) is 1. The summed E-state index contributed by atoms with van der Waals surface area (Å²) in [4.78, 5) is 17.2. The first-order valence-corrected chi connectivity index (χ1v) is 9.78. The monoisotopic (exact) mass is 398 g/mol. The highest BCUT2D eigenvalue weighted by atomic mass is 35.5. The van der Waals surface area contributed by atoms with Crippen LogP contribution in [0.5, 0.6) is 0 Å². The Morgan fingerprint density at radius 3 is 2.77 bits per heavy atom. The van der Waals surface area contributed by atoms with Crippen molar-refractivity contribution in [2.24, 2.45) is 0 Å². The minimum absolute atomic E-state index is 0.289. The van der Waals surface area contributed by atoms with Gasteiger partial charge >= 0.3 is 0 Å².